The van der Waals surface area contributed by atoms with E-state index in [9.17, 15) is 8.42 Å². The maximum atomic E-state index is 12.3. The largest absolute Gasteiger partial charge is 0.330 e. The molecule has 0 radical (unpaired) electrons. The van der Waals surface area contributed by atoms with Crippen LogP contribution in [0, 0.1) is 0 Å². The highest BCUT2D eigenvalue weighted by atomic mass is 32.2. The number of likely N-dealkylation sites (N-methyl/N-ethyl adjacent to an activating group) is 1. The van der Waals surface area contributed by atoms with Crippen molar-refractivity contribution in [3.63, 3.8) is 0 Å². The summed E-state index contributed by atoms with van der Waals surface area (Å²) in [5, 5.41) is 0. The molecule has 0 aromatic rings. The van der Waals surface area contributed by atoms with Crippen LogP contribution >= 0.6 is 0 Å². The van der Waals surface area contributed by atoms with Gasteiger partial charge in [-0.1, -0.05) is 6.92 Å². The molecule has 0 rings (SSSR count). The van der Waals surface area contributed by atoms with Crippen LogP contribution in [0.15, 0.2) is 0 Å². The average Bonchev–Trinajstić information content (AvgIpc) is 2.30. The van der Waals surface area contributed by atoms with Gasteiger partial charge in [0.05, 0.1) is 0 Å². The Bertz CT molecular complexity index is 306. The molecule has 0 aromatic heterocycles. The summed E-state index contributed by atoms with van der Waals surface area (Å²) in [6, 6.07) is 0. The van der Waals surface area contributed by atoms with E-state index in [2.05, 4.69) is 0 Å². The van der Waals surface area contributed by atoms with Crippen molar-refractivity contribution in [2.45, 2.75) is 19.8 Å². The molecule has 0 aromatic carbocycles. The minimum atomic E-state index is -3.35. The molecule has 0 atom stereocenters. The topological polar surface area (TPSA) is 69.9 Å². The lowest BCUT2D eigenvalue weighted by atomic mass is 10.4. The highest BCUT2D eigenvalue weighted by molar-refractivity contribution is 7.86. The van der Waals surface area contributed by atoms with Crippen LogP contribution in [-0.4, -0.2) is 75.8 Å². The summed E-state index contributed by atoms with van der Waals surface area (Å²) in [6.07, 6.45) is 1.50. The van der Waals surface area contributed by atoms with Crippen LogP contribution in [0.3, 0.4) is 0 Å². The molecule has 0 saturated carbocycles. The third-order valence-electron chi connectivity index (χ3n) is 2.67. The van der Waals surface area contributed by atoms with Gasteiger partial charge in [-0.3, -0.25) is 0 Å². The van der Waals surface area contributed by atoms with Crippen molar-refractivity contribution in [1.82, 2.24) is 13.5 Å². The second-order valence-corrected chi connectivity index (χ2v) is 6.71. The molecule has 0 spiro atoms. The molecule has 0 aliphatic rings. The van der Waals surface area contributed by atoms with Gasteiger partial charge in [-0.15, -0.1) is 0 Å². The van der Waals surface area contributed by atoms with E-state index in [0.29, 0.717) is 32.6 Å². The summed E-state index contributed by atoms with van der Waals surface area (Å²) in [5.74, 6) is 0. The van der Waals surface area contributed by atoms with Crippen LogP contribution in [0.2, 0.25) is 0 Å². The third kappa shape index (κ3) is 6.10. The summed E-state index contributed by atoms with van der Waals surface area (Å²) in [5.41, 5.74) is 5.41. The number of rotatable bonds is 10. The standard InChI is InChI=1S/C11H28N4O2S/c1-5-8-15(11-10-13(2)3)18(16,17)14(4)9-6-7-12/h5-12H2,1-4H3. The second-order valence-electron chi connectivity index (χ2n) is 4.67. The highest BCUT2D eigenvalue weighted by Crippen LogP contribution is 2.07. The Hall–Kier alpha value is -0.210. The van der Waals surface area contributed by atoms with Crippen molar-refractivity contribution < 1.29 is 8.42 Å². The monoisotopic (exact) mass is 280 g/mol. The zero-order valence-electron chi connectivity index (χ0n) is 12.1. The second kappa shape index (κ2) is 8.82. The molecular weight excluding hydrogens is 252 g/mol. The first-order valence-electron chi connectivity index (χ1n) is 6.42. The maximum Gasteiger partial charge on any atom is 0.281 e. The average molecular weight is 280 g/mol. The van der Waals surface area contributed by atoms with Crippen molar-refractivity contribution in [1.29, 1.82) is 0 Å². The fourth-order valence-electron chi connectivity index (χ4n) is 1.53. The number of hydrogen-bond donors (Lipinski definition) is 1. The van der Waals surface area contributed by atoms with Gasteiger partial charge in [0.2, 0.25) is 0 Å². The zero-order chi connectivity index (χ0) is 14.2. The van der Waals surface area contributed by atoms with Crippen LogP contribution in [-0.2, 0) is 10.2 Å². The van der Waals surface area contributed by atoms with Crippen LogP contribution < -0.4 is 5.73 Å². The number of nitrogens with zero attached hydrogens (tertiary/aromatic N) is 3. The van der Waals surface area contributed by atoms with Gasteiger partial charge in [0, 0.05) is 33.2 Å². The normalized spacial score (nSPS) is 12.9. The molecule has 0 aliphatic heterocycles. The summed E-state index contributed by atoms with van der Waals surface area (Å²) < 4.78 is 27.6. The first kappa shape index (κ1) is 17.8. The molecule has 18 heavy (non-hydrogen) atoms. The van der Waals surface area contributed by atoms with Crippen LogP contribution in [0.5, 0.6) is 0 Å². The zero-order valence-corrected chi connectivity index (χ0v) is 12.9. The van der Waals surface area contributed by atoms with Crippen LogP contribution in [0.4, 0.5) is 0 Å². The summed E-state index contributed by atoms with van der Waals surface area (Å²) in [6.45, 7) is 4.77. The van der Waals surface area contributed by atoms with Crippen molar-refractivity contribution in [3.8, 4) is 0 Å². The predicted molar refractivity (Wildman–Crippen MR) is 75.6 cm³/mol. The Balaban J connectivity index is 4.63. The summed E-state index contributed by atoms with van der Waals surface area (Å²) in [7, 11) is 2.15. The third-order valence-corrected chi connectivity index (χ3v) is 4.65. The molecule has 2 N–H and O–H groups in total. The van der Waals surface area contributed by atoms with Crippen molar-refractivity contribution in [2.24, 2.45) is 5.73 Å². The Kier molecular flexibility index (Phi) is 8.71. The van der Waals surface area contributed by atoms with Gasteiger partial charge in [0.1, 0.15) is 0 Å². The van der Waals surface area contributed by atoms with E-state index < -0.39 is 10.2 Å². The minimum absolute atomic E-state index is 0.473. The fraction of sp³-hybridized carbons (Fsp3) is 1.00. The van der Waals surface area contributed by atoms with E-state index in [4.69, 9.17) is 5.73 Å². The smallest absolute Gasteiger partial charge is 0.281 e. The van der Waals surface area contributed by atoms with Gasteiger partial charge in [-0.05, 0) is 33.5 Å². The quantitative estimate of drug-likeness (QED) is 0.601. The molecule has 7 heteroatoms. The molecule has 0 saturated heterocycles. The number of nitrogens with two attached hydrogens (primary N) is 1. The lowest BCUT2D eigenvalue weighted by Crippen LogP contribution is -2.45. The Morgan fingerprint density at radius 1 is 1.00 bits per heavy atom. The van der Waals surface area contributed by atoms with Gasteiger partial charge in [0.25, 0.3) is 10.2 Å². The molecule has 0 aliphatic carbocycles. The molecule has 0 bridgehead atoms. The van der Waals surface area contributed by atoms with Gasteiger partial charge in [-0.25, -0.2) is 0 Å². The van der Waals surface area contributed by atoms with Crippen LogP contribution in [0.25, 0.3) is 0 Å². The summed E-state index contributed by atoms with van der Waals surface area (Å²) in [4.78, 5) is 1.98. The van der Waals surface area contributed by atoms with E-state index in [0.717, 1.165) is 13.0 Å². The van der Waals surface area contributed by atoms with Gasteiger partial charge >= 0.3 is 0 Å². The van der Waals surface area contributed by atoms with Crippen molar-refractivity contribution >= 4 is 10.2 Å². The van der Waals surface area contributed by atoms with Crippen LogP contribution in [0.1, 0.15) is 19.8 Å². The Labute approximate surface area is 112 Å². The predicted octanol–water partition coefficient (Wildman–Crippen LogP) is -0.215. The maximum absolute atomic E-state index is 12.3. The first-order valence-corrected chi connectivity index (χ1v) is 7.82. The molecule has 110 valence electrons. The van der Waals surface area contributed by atoms with E-state index in [1.54, 1.807) is 11.4 Å². The molecule has 6 nitrogen and oxygen atoms in total. The Morgan fingerprint density at radius 2 is 1.61 bits per heavy atom. The summed E-state index contributed by atoms with van der Waals surface area (Å²) >= 11 is 0. The highest BCUT2D eigenvalue weighted by Gasteiger charge is 2.25. The van der Waals surface area contributed by atoms with Crippen molar-refractivity contribution in [3.05, 3.63) is 0 Å². The Morgan fingerprint density at radius 3 is 2.06 bits per heavy atom. The molecule has 0 fully saturated rings. The van der Waals surface area contributed by atoms with Gasteiger partial charge < -0.3 is 10.6 Å². The SMILES string of the molecule is CCCN(CCN(C)C)S(=O)(=O)N(C)CCCN. The van der Waals surface area contributed by atoms with Gasteiger partial charge in [-0.2, -0.15) is 17.0 Å². The van der Waals surface area contributed by atoms with E-state index >= 15 is 0 Å². The number of hydrogen-bond acceptors (Lipinski definition) is 4. The van der Waals surface area contributed by atoms with Crippen molar-refractivity contribution in [2.75, 3.05) is 53.9 Å². The molecule has 0 unspecified atom stereocenters. The van der Waals surface area contributed by atoms with Gasteiger partial charge in [0.15, 0.2) is 0 Å². The minimum Gasteiger partial charge on any atom is -0.330 e. The fourth-order valence-corrected chi connectivity index (χ4v) is 3.01. The van der Waals surface area contributed by atoms with E-state index in [1.165, 1.54) is 4.31 Å². The lowest BCUT2D eigenvalue weighted by Gasteiger charge is -2.28. The van der Waals surface area contributed by atoms with E-state index in [1.807, 2.05) is 25.9 Å². The lowest BCUT2D eigenvalue weighted by molar-refractivity contribution is 0.312. The molecule has 0 heterocycles. The molecular formula is C11H28N4O2S. The van der Waals surface area contributed by atoms with E-state index in [-0.39, 0.29) is 0 Å². The first-order chi connectivity index (χ1) is 8.36. The molecule has 0 amide bonds.